The van der Waals surface area contributed by atoms with Crippen LogP contribution in [0.1, 0.15) is 12.8 Å². The minimum Gasteiger partial charge on any atom is -0.376 e. The molecule has 0 heterocycles. The number of nitrogens with one attached hydrogen (secondary N) is 2. The van der Waals surface area contributed by atoms with Crippen molar-refractivity contribution in [3.05, 3.63) is 54.6 Å². The third-order valence-electron chi connectivity index (χ3n) is 4.01. The van der Waals surface area contributed by atoms with E-state index in [1.807, 2.05) is 6.07 Å². The number of rotatable bonds is 7. The third kappa shape index (κ3) is 4.30. The number of sulfonamides is 1. The summed E-state index contributed by atoms with van der Waals surface area (Å²) < 4.78 is 26.8. The molecule has 0 unspecified atom stereocenters. The van der Waals surface area contributed by atoms with Gasteiger partial charge in [0, 0.05) is 18.8 Å². The molecule has 2 N–H and O–H groups in total. The Balaban J connectivity index is 1.72. The Morgan fingerprint density at radius 1 is 1.12 bits per heavy atom. The van der Waals surface area contributed by atoms with E-state index in [1.165, 1.54) is 11.4 Å². The largest absolute Gasteiger partial charge is 0.376 e. The van der Waals surface area contributed by atoms with Gasteiger partial charge in [0.15, 0.2) is 0 Å². The molecule has 1 aliphatic carbocycles. The zero-order chi connectivity index (χ0) is 17.9. The van der Waals surface area contributed by atoms with Crippen molar-refractivity contribution in [1.82, 2.24) is 5.32 Å². The Labute approximate surface area is 147 Å². The molecule has 1 aliphatic rings. The zero-order valence-corrected chi connectivity index (χ0v) is 14.8. The molecule has 0 radical (unpaired) electrons. The molecule has 6 nitrogen and oxygen atoms in total. The van der Waals surface area contributed by atoms with Crippen molar-refractivity contribution in [2.75, 3.05) is 23.2 Å². The molecule has 25 heavy (non-hydrogen) atoms. The predicted molar refractivity (Wildman–Crippen MR) is 98.1 cm³/mol. The summed E-state index contributed by atoms with van der Waals surface area (Å²) in [6.07, 6.45) is 2.07. The van der Waals surface area contributed by atoms with Crippen LogP contribution in [-0.4, -0.2) is 34.0 Å². The summed E-state index contributed by atoms with van der Waals surface area (Å²) in [5.74, 6) is -0.0860. The Morgan fingerprint density at radius 2 is 1.84 bits per heavy atom. The van der Waals surface area contributed by atoms with E-state index in [1.54, 1.807) is 48.5 Å². The highest BCUT2D eigenvalue weighted by molar-refractivity contribution is 7.92. The summed E-state index contributed by atoms with van der Waals surface area (Å²) in [6.45, 7) is 0.120. The second-order valence-electron chi connectivity index (χ2n) is 6.03. The Bertz CT molecular complexity index is 849. The molecule has 132 valence electrons. The summed E-state index contributed by atoms with van der Waals surface area (Å²) in [6, 6.07) is 15.7. The molecule has 0 saturated heterocycles. The van der Waals surface area contributed by atoms with Crippen molar-refractivity contribution in [1.29, 1.82) is 0 Å². The minimum atomic E-state index is -3.67. The number of para-hydroxylation sites is 1. The van der Waals surface area contributed by atoms with Gasteiger partial charge in [0.2, 0.25) is 5.91 Å². The van der Waals surface area contributed by atoms with E-state index in [4.69, 9.17) is 0 Å². The number of carbonyl (C=O) groups is 1. The van der Waals surface area contributed by atoms with E-state index in [0.717, 1.165) is 12.8 Å². The Hall–Kier alpha value is -2.54. The fourth-order valence-corrected chi connectivity index (χ4v) is 3.63. The molecule has 0 aliphatic heterocycles. The lowest BCUT2D eigenvalue weighted by Crippen LogP contribution is -2.31. The van der Waals surface area contributed by atoms with Crippen LogP contribution in [0.4, 0.5) is 11.4 Å². The summed E-state index contributed by atoms with van der Waals surface area (Å²) in [5, 5.41) is 5.85. The number of hydrogen-bond donors (Lipinski definition) is 2. The van der Waals surface area contributed by atoms with Crippen molar-refractivity contribution in [2.24, 2.45) is 0 Å². The first-order valence-electron chi connectivity index (χ1n) is 8.14. The van der Waals surface area contributed by atoms with Crippen LogP contribution in [0.15, 0.2) is 59.5 Å². The molecule has 0 bridgehead atoms. The van der Waals surface area contributed by atoms with Crippen LogP contribution in [-0.2, 0) is 14.8 Å². The van der Waals surface area contributed by atoms with E-state index in [2.05, 4.69) is 10.6 Å². The highest BCUT2D eigenvalue weighted by Crippen LogP contribution is 2.23. The van der Waals surface area contributed by atoms with Crippen LogP contribution >= 0.6 is 0 Å². The van der Waals surface area contributed by atoms with Crippen LogP contribution in [0.5, 0.6) is 0 Å². The molecule has 0 spiro atoms. The van der Waals surface area contributed by atoms with Crippen molar-refractivity contribution < 1.29 is 13.2 Å². The fraction of sp³-hybridized carbons (Fsp3) is 0.278. The van der Waals surface area contributed by atoms with Gasteiger partial charge in [-0.1, -0.05) is 24.3 Å². The molecule has 7 heteroatoms. The van der Waals surface area contributed by atoms with E-state index in [9.17, 15) is 13.2 Å². The van der Waals surface area contributed by atoms with Gasteiger partial charge in [0.05, 0.1) is 17.1 Å². The van der Waals surface area contributed by atoms with Gasteiger partial charge in [-0.3, -0.25) is 9.10 Å². The second kappa shape index (κ2) is 7.14. The minimum absolute atomic E-state index is 0.0860. The number of anilines is 2. The molecule has 1 amide bonds. The van der Waals surface area contributed by atoms with Crippen molar-refractivity contribution in [3.63, 3.8) is 0 Å². The van der Waals surface area contributed by atoms with Crippen LogP contribution in [0.25, 0.3) is 0 Å². The quantitative estimate of drug-likeness (QED) is 0.794. The first-order valence-corrected chi connectivity index (χ1v) is 9.58. The van der Waals surface area contributed by atoms with Gasteiger partial charge in [0.1, 0.15) is 0 Å². The van der Waals surface area contributed by atoms with Crippen molar-refractivity contribution >= 4 is 27.3 Å². The van der Waals surface area contributed by atoms with Gasteiger partial charge in [-0.15, -0.1) is 0 Å². The Kier molecular flexibility index (Phi) is 4.94. The standard InChI is InChI=1S/C18H21N3O3S/c1-21(16-7-3-2-4-8-16)25(23,24)17-9-5-6-15(12-17)19-13-18(22)20-14-10-11-14/h2-9,12,14,19H,10-11,13H2,1H3,(H,20,22). The molecule has 2 aromatic rings. The van der Waals surface area contributed by atoms with E-state index in [-0.39, 0.29) is 17.3 Å². The highest BCUT2D eigenvalue weighted by atomic mass is 32.2. The van der Waals surface area contributed by atoms with E-state index in [0.29, 0.717) is 17.4 Å². The second-order valence-corrected chi connectivity index (χ2v) is 8.00. The molecule has 3 rings (SSSR count). The first-order chi connectivity index (χ1) is 12.0. The van der Waals surface area contributed by atoms with Crippen LogP contribution < -0.4 is 14.9 Å². The smallest absolute Gasteiger partial charge is 0.264 e. The van der Waals surface area contributed by atoms with Gasteiger partial charge < -0.3 is 10.6 Å². The number of nitrogens with zero attached hydrogens (tertiary/aromatic N) is 1. The van der Waals surface area contributed by atoms with Gasteiger partial charge in [-0.2, -0.15) is 0 Å². The predicted octanol–water partition coefficient (Wildman–Crippen LogP) is 2.20. The molecule has 1 saturated carbocycles. The summed E-state index contributed by atoms with van der Waals surface area (Å²) in [4.78, 5) is 11.9. The number of amides is 1. The van der Waals surface area contributed by atoms with Crippen LogP contribution in [0.3, 0.4) is 0 Å². The first kappa shape index (κ1) is 17.3. The van der Waals surface area contributed by atoms with Crippen molar-refractivity contribution in [2.45, 2.75) is 23.8 Å². The van der Waals surface area contributed by atoms with E-state index < -0.39 is 10.0 Å². The number of hydrogen-bond acceptors (Lipinski definition) is 4. The Morgan fingerprint density at radius 3 is 2.52 bits per heavy atom. The van der Waals surface area contributed by atoms with Gasteiger partial charge in [0.25, 0.3) is 10.0 Å². The maximum atomic E-state index is 12.8. The normalized spacial score (nSPS) is 14.0. The number of carbonyl (C=O) groups excluding carboxylic acids is 1. The maximum absolute atomic E-state index is 12.8. The summed E-state index contributed by atoms with van der Waals surface area (Å²) in [5.41, 5.74) is 1.18. The fourth-order valence-electron chi connectivity index (χ4n) is 2.39. The molecule has 0 aromatic heterocycles. The average molecular weight is 359 g/mol. The zero-order valence-electron chi connectivity index (χ0n) is 14.0. The molecule has 1 fully saturated rings. The van der Waals surface area contributed by atoms with Gasteiger partial charge >= 0.3 is 0 Å². The molecule has 0 atom stereocenters. The molecular formula is C18H21N3O3S. The van der Waals surface area contributed by atoms with Crippen LogP contribution in [0, 0.1) is 0 Å². The van der Waals surface area contributed by atoms with Gasteiger partial charge in [-0.25, -0.2) is 8.42 Å². The van der Waals surface area contributed by atoms with Crippen LogP contribution in [0.2, 0.25) is 0 Å². The van der Waals surface area contributed by atoms with E-state index >= 15 is 0 Å². The maximum Gasteiger partial charge on any atom is 0.264 e. The topological polar surface area (TPSA) is 78.5 Å². The lowest BCUT2D eigenvalue weighted by molar-refractivity contribution is -0.119. The molecule has 2 aromatic carbocycles. The summed E-state index contributed by atoms with van der Waals surface area (Å²) >= 11 is 0. The number of benzene rings is 2. The monoisotopic (exact) mass is 359 g/mol. The lowest BCUT2D eigenvalue weighted by atomic mass is 10.3. The molecular weight excluding hydrogens is 338 g/mol. The lowest BCUT2D eigenvalue weighted by Gasteiger charge is -2.20. The average Bonchev–Trinajstić information content (AvgIpc) is 3.44. The van der Waals surface area contributed by atoms with Gasteiger partial charge in [-0.05, 0) is 43.2 Å². The summed E-state index contributed by atoms with van der Waals surface area (Å²) in [7, 11) is -2.15. The highest BCUT2D eigenvalue weighted by Gasteiger charge is 2.23. The third-order valence-corrected chi connectivity index (χ3v) is 5.79. The SMILES string of the molecule is CN(c1ccccc1)S(=O)(=O)c1cccc(NCC(=O)NC2CC2)c1. The van der Waals surface area contributed by atoms with Crippen molar-refractivity contribution in [3.8, 4) is 0 Å².